The molecule has 0 bridgehead atoms. The van der Waals surface area contributed by atoms with E-state index in [1.165, 1.54) is 0 Å². The van der Waals surface area contributed by atoms with Crippen LogP contribution in [0.3, 0.4) is 0 Å². The van der Waals surface area contributed by atoms with Crippen molar-refractivity contribution in [3.63, 3.8) is 0 Å². The molecular formula is C17H24N2O4S. The highest BCUT2D eigenvalue weighted by molar-refractivity contribution is 7.89. The van der Waals surface area contributed by atoms with Crippen molar-refractivity contribution < 1.29 is 17.9 Å². The SMILES string of the molecule is O=C(Nc1ccc(S(=O)(=O)N2CCCCC2)cc1)C1CCOCC1. The highest BCUT2D eigenvalue weighted by Crippen LogP contribution is 2.23. The van der Waals surface area contributed by atoms with Crippen LogP contribution in [0.25, 0.3) is 0 Å². The molecule has 7 heteroatoms. The van der Waals surface area contributed by atoms with Crippen LogP contribution >= 0.6 is 0 Å². The second-order valence-electron chi connectivity index (χ2n) is 6.37. The molecule has 0 spiro atoms. The Bertz CT molecular complexity index is 660. The number of benzene rings is 1. The molecule has 1 amide bonds. The fourth-order valence-electron chi connectivity index (χ4n) is 3.17. The number of nitrogens with zero attached hydrogens (tertiary/aromatic N) is 1. The highest BCUT2D eigenvalue weighted by Gasteiger charge is 2.26. The normalized spacial score (nSPS) is 20.7. The Labute approximate surface area is 143 Å². The van der Waals surface area contributed by atoms with Gasteiger partial charge in [0.15, 0.2) is 0 Å². The first-order valence-corrected chi connectivity index (χ1v) is 10.0. The van der Waals surface area contributed by atoms with Crippen molar-refractivity contribution in [2.45, 2.75) is 37.0 Å². The highest BCUT2D eigenvalue weighted by atomic mass is 32.2. The molecule has 1 aromatic rings. The van der Waals surface area contributed by atoms with Gasteiger partial charge in [0.1, 0.15) is 0 Å². The number of carbonyl (C=O) groups excluding carboxylic acids is 1. The molecule has 24 heavy (non-hydrogen) atoms. The van der Waals surface area contributed by atoms with Crippen LogP contribution in [-0.2, 0) is 19.6 Å². The zero-order valence-corrected chi connectivity index (χ0v) is 14.6. The van der Waals surface area contributed by atoms with Crippen LogP contribution in [0.2, 0.25) is 0 Å². The Morgan fingerprint density at radius 3 is 2.29 bits per heavy atom. The van der Waals surface area contributed by atoms with Gasteiger partial charge in [-0.05, 0) is 49.9 Å². The minimum absolute atomic E-state index is 0.0232. The van der Waals surface area contributed by atoms with E-state index in [0.29, 0.717) is 32.0 Å². The summed E-state index contributed by atoms with van der Waals surface area (Å²) < 4.78 is 32.0. The van der Waals surface area contributed by atoms with Crippen LogP contribution in [0.15, 0.2) is 29.2 Å². The first-order valence-electron chi connectivity index (χ1n) is 8.56. The number of rotatable bonds is 4. The summed E-state index contributed by atoms with van der Waals surface area (Å²) in [6.45, 7) is 2.41. The molecule has 0 saturated carbocycles. The quantitative estimate of drug-likeness (QED) is 0.901. The molecule has 6 nitrogen and oxygen atoms in total. The number of ether oxygens (including phenoxy) is 1. The molecule has 2 saturated heterocycles. The monoisotopic (exact) mass is 352 g/mol. The smallest absolute Gasteiger partial charge is 0.243 e. The molecule has 0 atom stereocenters. The van der Waals surface area contributed by atoms with Crippen LogP contribution < -0.4 is 5.32 Å². The zero-order chi connectivity index (χ0) is 17.0. The number of piperidine rings is 1. The molecule has 2 aliphatic heterocycles. The van der Waals surface area contributed by atoms with Gasteiger partial charge in [-0.1, -0.05) is 6.42 Å². The van der Waals surface area contributed by atoms with Crippen molar-refractivity contribution >= 4 is 21.6 Å². The number of amides is 1. The largest absolute Gasteiger partial charge is 0.381 e. The molecule has 0 aliphatic carbocycles. The first kappa shape index (κ1) is 17.4. The lowest BCUT2D eigenvalue weighted by atomic mass is 9.99. The summed E-state index contributed by atoms with van der Waals surface area (Å²) in [6, 6.07) is 6.47. The summed E-state index contributed by atoms with van der Waals surface area (Å²) in [5.74, 6) is -0.0551. The van der Waals surface area contributed by atoms with Crippen LogP contribution in [0.4, 0.5) is 5.69 Å². The molecule has 0 radical (unpaired) electrons. The van der Waals surface area contributed by atoms with E-state index in [1.54, 1.807) is 28.6 Å². The van der Waals surface area contributed by atoms with Gasteiger partial charge >= 0.3 is 0 Å². The summed E-state index contributed by atoms with van der Waals surface area (Å²) in [4.78, 5) is 12.5. The minimum atomic E-state index is -3.42. The average molecular weight is 352 g/mol. The van der Waals surface area contributed by atoms with Gasteiger partial charge in [-0.3, -0.25) is 4.79 Å². The predicted octanol–water partition coefficient (Wildman–Crippen LogP) is 2.23. The molecule has 0 aromatic heterocycles. The summed E-state index contributed by atoms with van der Waals surface area (Å²) in [5, 5.41) is 2.87. The van der Waals surface area contributed by atoms with Gasteiger partial charge in [-0.15, -0.1) is 0 Å². The minimum Gasteiger partial charge on any atom is -0.381 e. The third-order valence-electron chi connectivity index (χ3n) is 4.67. The summed E-state index contributed by atoms with van der Waals surface area (Å²) in [5.41, 5.74) is 0.629. The lowest BCUT2D eigenvalue weighted by molar-refractivity contribution is -0.122. The summed E-state index contributed by atoms with van der Waals surface area (Å²) in [6.07, 6.45) is 4.38. The molecule has 3 rings (SSSR count). The van der Waals surface area contributed by atoms with Gasteiger partial charge in [0, 0.05) is 37.9 Å². The van der Waals surface area contributed by atoms with Crippen LogP contribution in [-0.4, -0.2) is 44.9 Å². The molecule has 2 fully saturated rings. The van der Waals surface area contributed by atoms with Gasteiger partial charge in [-0.25, -0.2) is 8.42 Å². The number of hydrogen-bond acceptors (Lipinski definition) is 4. The molecule has 0 unspecified atom stereocenters. The fourth-order valence-corrected chi connectivity index (χ4v) is 4.69. The maximum Gasteiger partial charge on any atom is 0.243 e. The Hall–Kier alpha value is -1.44. The lowest BCUT2D eigenvalue weighted by Crippen LogP contribution is -2.35. The van der Waals surface area contributed by atoms with E-state index >= 15 is 0 Å². The third kappa shape index (κ3) is 3.96. The number of carbonyl (C=O) groups is 1. The Kier molecular flexibility index (Phi) is 5.53. The molecule has 132 valence electrons. The van der Waals surface area contributed by atoms with Crippen molar-refractivity contribution in [1.82, 2.24) is 4.31 Å². The molecular weight excluding hydrogens is 328 g/mol. The van der Waals surface area contributed by atoms with Crippen molar-refractivity contribution in [2.75, 3.05) is 31.6 Å². The Morgan fingerprint density at radius 1 is 1.04 bits per heavy atom. The zero-order valence-electron chi connectivity index (χ0n) is 13.7. The van der Waals surface area contributed by atoms with Gasteiger partial charge in [0.25, 0.3) is 0 Å². The molecule has 1 aromatic carbocycles. The summed E-state index contributed by atoms with van der Waals surface area (Å²) in [7, 11) is -3.42. The third-order valence-corrected chi connectivity index (χ3v) is 6.58. The van der Waals surface area contributed by atoms with Crippen LogP contribution in [0.5, 0.6) is 0 Å². The van der Waals surface area contributed by atoms with E-state index in [2.05, 4.69) is 5.32 Å². The Balaban J connectivity index is 1.65. The van der Waals surface area contributed by atoms with Crippen molar-refractivity contribution in [3.8, 4) is 0 Å². The van der Waals surface area contributed by atoms with Gasteiger partial charge in [0.05, 0.1) is 4.90 Å². The molecule has 2 heterocycles. The second-order valence-corrected chi connectivity index (χ2v) is 8.30. The van der Waals surface area contributed by atoms with Gasteiger partial charge in [-0.2, -0.15) is 4.31 Å². The average Bonchev–Trinajstić information content (AvgIpc) is 2.63. The first-order chi connectivity index (χ1) is 11.6. The molecule has 2 aliphatic rings. The predicted molar refractivity (Wildman–Crippen MR) is 91.2 cm³/mol. The standard InChI is InChI=1S/C17H24N2O4S/c20-17(14-8-12-23-13-9-14)18-15-4-6-16(7-5-15)24(21,22)19-10-2-1-3-11-19/h4-7,14H,1-3,8-13H2,(H,18,20). The number of hydrogen-bond donors (Lipinski definition) is 1. The van der Waals surface area contributed by atoms with Crippen molar-refractivity contribution in [1.29, 1.82) is 0 Å². The summed E-state index contributed by atoms with van der Waals surface area (Å²) >= 11 is 0. The second kappa shape index (κ2) is 7.63. The molecule has 1 N–H and O–H groups in total. The number of anilines is 1. The Morgan fingerprint density at radius 2 is 1.67 bits per heavy atom. The van der Waals surface area contributed by atoms with Gasteiger partial charge < -0.3 is 10.1 Å². The van der Waals surface area contributed by atoms with Crippen molar-refractivity contribution in [3.05, 3.63) is 24.3 Å². The van der Waals surface area contributed by atoms with E-state index in [4.69, 9.17) is 4.74 Å². The van der Waals surface area contributed by atoms with Crippen molar-refractivity contribution in [2.24, 2.45) is 5.92 Å². The van der Waals surface area contributed by atoms with E-state index in [1.807, 2.05) is 0 Å². The van der Waals surface area contributed by atoms with E-state index in [9.17, 15) is 13.2 Å². The van der Waals surface area contributed by atoms with Crippen LogP contribution in [0.1, 0.15) is 32.1 Å². The van der Waals surface area contributed by atoms with E-state index in [0.717, 1.165) is 32.1 Å². The maximum atomic E-state index is 12.6. The van der Waals surface area contributed by atoms with E-state index in [-0.39, 0.29) is 16.7 Å². The fraction of sp³-hybridized carbons (Fsp3) is 0.588. The van der Waals surface area contributed by atoms with Gasteiger partial charge in [0.2, 0.25) is 15.9 Å². The van der Waals surface area contributed by atoms with Crippen LogP contribution in [0, 0.1) is 5.92 Å². The van der Waals surface area contributed by atoms with E-state index < -0.39 is 10.0 Å². The topological polar surface area (TPSA) is 75.7 Å². The lowest BCUT2D eigenvalue weighted by Gasteiger charge is -2.26. The number of nitrogens with one attached hydrogen (secondary N) is 1. The maximum absolute atomic E-state index is 12.6. The number of sulfonamides is 1.